The zero-order valence-corrected chi connectivity index (χ0v) is 13.5. The first-order valence-corrected chi connectivity index (χ1v) is 7.75. The molecule has 2 amide bonds. The molecule has 0 aliphatic carbocycles. The molecule has 0 fully saturated rings. The number of amides is 2. The molecular weight excluding hydrogens is 334 g/mol. The number of benzene rings is 3. The Kier molecular flexibility index (Phi) is 4.80. The van der Waals surface area contributed by atoms with Crippen molar-refractivity contribution in [2.75, 3.05) is 10.6 Å². The molecule has 3 rings (SSSR count). The average molecular weight is 349 g/mol. The number of rotatable bonds is 4. The van der Waals surface area contributed by atoms with Crippen molar-refractivity contribution in [2.24, 2.45) is 0 Å². The van der Waals surface area contributed by atoms with Crippen LogP contribution in [0.1, 0.15) is 0 Å². The molecule has 0 aromatic heterocycles. The van der Waals surface area contributed by atoms with E-state index >= 15 is 0 Å². The molecule has 0 saturated carbocycles. The molecule has 26 heavy (non-hydrogen) atoms. The van der Waals surface area contributed by atoms with E-state index in [9.17, 15) is 20.0 Å². The highest BCUT2D eigenvalue weighted by Gasteiger charge is 2.18. The molecule has 0 heterocycles. The number of phenolic OH excluding ortho intramolecular Hbond substituents is 1. The second-order valence-electron chi connectivity index (χ2n) is 5.42. The highest BCUT2D eigenvalue weighted by atomic mass is 16.6. The van der Waals surface area contributed by atoms with E-state index in [1.165, 1.54) is 12.1 Å². The first kappa shape index (κ1) is 17.0. The third-order valence-electron chi connectivity index (χ3n) is 3.72. The number of hydrogen-bond acceptors (Lipinski definition) is 4. The standard InChI is InChI=1S/C19H15N3O4/c23-18-16(11-6-12-17(18)22(25)26)21-19(24)20-15-10-5-4-9-14(15)13-7-2-1-3-8-13/h1-12,23H,(H2,20,21,24). The number of hydrogen-bond donors (Lipinski definition) is 3. The Hall–Kier alpha value is -3.87. The average Bonchev–Trinajstić information content (AvgIpc) is 2.64. The maximum atomic E-state index is 12.3. The Morgan fingerprint density at radius 3 is 2.19 bits per heavy atom. The zero-order valence-electron chi connectivity index (χ0n) is 13.5. The smallest absolute Gasteiger partial charge is 0.323 e. The van der Waals surface area contributed by atoms with Gasteiger partial charge in [0.15, 0.2) is 0 Å². The van der Waals surface area contributed by atoms with E-state index < -0.39 is 22.4 Å². The number of nitro benzene ring substituents is 1. The molecule has 7 nitrogen and oxygen atoms in total. The second kappa shape index (κ2) is 7.35. The normalized spacial score (nSPS) is 10.2. The molecule has 7 heteroatoms. The van der Waals surface area contributed by atoms with Gasteiger partial charge in [0.25, 0.3) is 0 Å². The SMILES string of the molecule is O=C(Nc1ccccc1-c1ccccc1)Nc1cccc([N+](=O)[O-])c1O. The third-order valence-corrected chi connectivity index (χ3v) is 3.72. The van der Waals surface area contributed by atoms with Crippen LogP contribution in [0.2, 0.25) is 0 Å². The van der Waals surface area contributed by atoms with Crippen molar-refractivity contribution in [3.8, 4) is 16.9 Å². The third kappa shape index (κ3) is 3.62. The highest BCUT2D eigenvalue weighted by molar-refractivity contribution is 6.03. The Morgan fingerprint density at radius 1 is 0.846 bits per heavy atom. The number of nitrogens with one attached hydrogen (secondary N) is 2. The second-order valence-corrected chi connectivity index (χ2v) is 5.42. The van der Waals surface area contributed by atoms with Crippen LogP contribution in [0.5, 0.6) is 5.75 Å². The fraction of sp³-hybridized carbons (Fsp3) is 0. The van der Waals surface area contributed by atoms with E-state index in [0.29, 0.717) is 5.69 Å². The molecule has 0 radical (unpaired) electrons. The minimum absolute atomic E-state index is 0.0473. The summed E-state index contributed by atoms with van der Waals surface area (Å²) in [6, 6.07) is 20.1. The summed E-state index contributed by atoms with van der Waals surface area (Å²) in [7, 11) is 0. The summed E-state index contributed by atoms with van der Waals surface area (Å²) < 4.78 is 0. The minimum Gasteiger partial charge on any atom is -0.501 e. The van der Waals surface area contributed by atoms with Gasteiger partial charge in [-0.05, 0) is 17.7 Å². The van der Waals surface area contributed by atoms with Gasteiger partial charge in [-0.3, -0.25) is 10.1 Å². The molecular formula is C19H15N3O4. The van der Waals surface area contributed by atoms with Crippen molar-refractivity contribution in [3.63, 3.8) is 0 Å². The molecule has 3 N–H and O–H groups in total. The molecule has 0 aliphatic rings. The number of aromatic hydroxyl groups is 1. The fourth-order valence-electron chi connectivity index (χ4n) is 2.52. The molecule has 0 atom stereocenters. The Balaban J connectivity index is 1.82. The van der Waals surface area contributed by atoms with Crippen molar-refractivity contribution < 1.29 is 14.8 Å². The van der Waals surface area contributed by atoms with Crippen LogP contribution in [0.4, 0.5) is 21.9 Å². The van der Waals surface area contributed by atoms with E-state index in [4.69, 9.17) is 0 Å². The molecule has 3 aromatic rings. The number of anilines is 2. The topological polar surface area (TPSA) is 104 Å². The van der Waals surface area contributed by atoms with E-state index in [0.717, 1.165) is 17.2 Å². The van der Waals surface area contributed by atoms with Crippen LogP contribution in [0, 0.1) is 10.1 Å². The summed E-state index contributed by atoms with van der Waals surface area (Å²) >= 11 is 0. The minimum atomic E-state index is -0.719. The van der Waals surface area contributed by atoms with Crippen molar-refractivity contribution in [3.05, 3.63) is 82.9 Å². The lowest BCUT2D eigenvalue weighted by Crippen LogP contribution is -2.20. The van der Waals surface area contributed by atoms with Gasteiger partial charge in [0.1, 0.15) is 0 Å². The monoisotopic (exact) mass is 349 g/mol. The predicted molar refractivity (Wildman–Crippen MR) is 99.3 cm³/mol. The summed E-state index contributed by atoms with van der Waals surface area (Å²) in [5.41, 5.74) is 1.80. The molecule has 130 valence electrons. The lowest BCUT2D eigenvalue weighted by atomic mass is 10.0. The number of urea groups is 1. The Bertz CT molecular complexity index is 958. The summed E-state index contributed by atoms with van der Waals surface area (Å²) in [6.45, 7) is 0. The van der Waals surface area contributed by atoms with Gasteiger partial charge >= 0.3 is 11.7 Å². The lowest BCUT2D eigenvalue weighted by molar-refractivity contribution is -0.385. The maximum absolute atomic E-state index is 12.3. The van der Waals surface area contributed by atoms with E-state index in [1.807, 2.05) is 42.5 Å². The van der Waals surface area contributed by atoms with Crippen molar-refractivity contribution >= 4 is 23.1 Å². The number of phenols is 1. The van der Waals surface area contributed by atoms with Gasteiger partial charge in [0, 0.05) is 11.6 Å². The van der Waals surface area contributed by atoms with E-state index in [2.05, 4.69) is 10.6 Å². The number of nitrogens with zero attached hydrogens (tertiary/aromatic N) is 1. The first-order valence-electron chi connectivity index (χ1n) is 7.75. The molecule has 3 aromatic carbocycles. The van der Waals surface area contributed by atoms with Crippen LogP contribution in [0.25, 0.3) is 11.1 Å². The molecule has 0 unspecified atom stereocenters. The number of carbonyl (C=O) groups is 1. The summed E-state index contributed by atoms with van der Waals surface area (Å²) in [6.07, 6.45) is 0. The van der Waals surface area contributed by atoms with E-state index in [-0.39, 0.29) is 5.69 Å². The van der Waals surface area contributed by atoms with Crippen molar-refractivity contribution in [1.29, 1.82) is 0 Å². The van der Waals surface area contributed by atoms with Crippen molar-refractivity contribution in [1.82, 2.24) is 0 Å². The zero-order chi connectivity index (χ0) is 18.5. The fourth-order valence-corrected chi connectivity index (χ4v) is 2.52. The van der Waals surface area contributed by atoms with Gasteiger partial charge in [-0.25, -0.2) is 4.79 Å². The van der Waals surface area contributed by atoms with Gasteiger partial charge in [-0.15, -0.1) is 0 Å². The predicted octanol–water partition coefficient (Wildman–Crippen LogP) is 4.61. The number of para-hydroxylation sites is 2. The van der Waals surface area contributed by atoms with Gasteiger partial charge in [-0.2, -0.15) is 0 Å². The van der Waals surface area contributed by atoms with Gasteiger partial charge < -0.3 is 15.7 Å². The van der Waals surface area contributed by atoms with Crippen LogP contribution in [0.3, 0.4) is 0 Å². The van der Waals surface area contributed by atoms with Crippen LogP contribution < -0.4 is 10.6 Å². The highest BCUT2D eigenvalue weighted by Crippen LogP contribution is 2.33. The molecule has 0 aliphatic heterocycles. The summed E-state index contributed by atoms with van der Waals surface area (Å²) in [5, 5.41) is 25.9. The van der Waals surface area contributed by atoms with Gasteiger partial charge in [0.05, 0.1) is 16.3 Å². The lowest BCUT2D eigenvalue weighted by Gasteiger charge is -2.12. The first-order chi connectivity index (χ1) is 12.6. The number of nitro groups is 1. The van der Waals surface area contributed by atoms with Gasteiger partial charge in [-0.1, -0.05) is 54.6 Å². The largest absolute Gasteiger partial charge is 0.501 e. The quantitative estimate of drug-likeness (QED) is 0.363. The molecule has 0 spiro atoms. The van der Waals surface area contributed by atoms with Crippen LogP contribution in [-0.4, -0.2) is 16.1 Å². The molecule has 0 bridgehead atoms. The Labute approximate surface area is 149 Å². The summed E-state index contributed by atoms with van der Waals surface area (Å²) in [4.78, 5) is 22.4. The van der Waals surface area contributed by atoms with E-state index in [1.54, 1.807) is 12.1 Å². The van der Waals surface area contributed by atoms with Crippen LogP contribution in [-0.2, 0) is 0 Å². The molecule has 0 saturated heterocycles. The van der Waals surface area contributed by atoms with Crippen LogP contribution in [0.15, 0.2) is 72.8 Å². The summed E-state index contributed by atoms with van der Waals surface area (Å²) in [5.74, 6) is -0.594. The Morgan fingerprint density at radius 2 is 1.46 bits per heavy atom. The maximum Gasteiger partial charge on any atom is 0.323 e. The number of carbonyl (C=O) groups excluding carboxylic acids is 1. The van der Waals surface area contributed by atoms with Crippen molar-refractivity contribution in [2.45, 2.75) is 0 Å². The van der Waals surface area contributed by atoms with Gasteiger partial charge in [0.2, 0.25) is 5.75 Å². The van der Waals surface area contributed by atoms with Crippen LogP contribution >= 0.6 is 0 Å².